The molecule has 0 saturated carbocycles. The second-order valence-electron chi connectivity index (χ2n) is 3.81. The second kappa shape index (κ2) is 3.96. The summed E-state index contributed by atoms with van der Waals surface area (Å²) in [6, 6.07) is 0.555. The van der Waals surface area contributed by atoms with Crippen LogP contribution in [0.3, 0.4) is 0 Å². The van der Waals surface area contributed by atoms with E-state index in [1.807, 2.05) is 0 Å². The van der Waals surface area contributed by atoms with Gasteiger partial charge in [-0.25, -0.2) is 0 Å². The number of nitrogen functional groups attached to an aromatic ring is 1. The van der Waals surface area contributed by atoms with Crippen molar-refractivity contribution in [1.29, 1.82) is 0 Å². The third-order valence-corrected chi connectivity index (χ3v) is 2.63. The highest BCUT2D eigenvalue weighted by molar-refractivity contribution is 5.14. The molecule has 0 aliphatic heterocycles. The Labute approximate surface area is 83.6 Å². The fourth-order valence-corrected chi connectivity index (χ4v) is 1.91. The molecule has 1 atom stereocenters. The molecule has 1 heterocycles. The average molecular weight is 195 g/mol. The van der Waals surface area contributed by atoms with E-state index in [9.17, 15) is 0 Å². The summed E-state index contributed by atoms with van der Waals surface area (Å²) >= 11 is 0. The van der Waals surface area contributed by atoms with Gasteiger partial charge in [0.15, 0.2) is 0 Å². The fraction of sp³-hybridized carbons (Fsp3) is 0.778. The van der Waals surface area contributed by atoms with E-state index in [1.54, 1.807) is 0 Å². The van der Waals surface area contributed by atoms with Gasteiger partial charge < -0.3 is 11.2 Å². The molecule has 2 rings (SSSR count). The van der Waals surface area contributed by atoms with Crippen LogP contribution in [0.1, 0.15) is 31.2 Å². The second-order valence-corrected chi connectivity index (χ2v) is 3.81. The van der Waals surface area contributed by atoms with Crippen LogP contribution in [-0.2, 0) is 12.8 Å². The Balaban J connectivity index is 1.98. The number of hydrogen-bond acceptors (Lipinski definition) is 4. The molecule has 0 spiro atoms. The van der Waals surface area contributed by atoms with E-state index in [4.69, 9.17) is 5.84 Å². The molecule has 5 heteroatoms. The van der Waals surface area contributed by atoms with Gasteiger partial charge in [0.2, 0.25) is 0 Å². The molecule has 1 aliphatic rings. The van der Waals surface area contributed by atoms with Crippen molar-refractivity contribution in [3.8, 4) is 0 Å². The Bertz CT molecular complexity index is 306. The maximum absolute atomic E-state index is 5.48. The summed E-state index contributed by atoms with van der Waals surface area (Å²) < 4.78 is 0. The summed E-state index contributed by atoms with van der Waals surface area (Å²) in [6.07, 6.45) is 4.28. The monoisotopic (exact) mass is 195 g/mol. The van der Waals surface area contributed by atoms with Crippen LogP contribution in [0.15, 0.2) is 0 Å². The molecule has 0 unspecified atom stereocenters. The van der Waals surface area contributed by atoms with Crippen LogP contribution in [0, 0.1) is 0 Å². The van der Waals surface area contributed by atoms with Crippen molar-refractivity contribution in [2.75, 3.05) is 12.4 Å². The Morgan fingerprint density at radius 2 is 2.29 bits per heavy atom. The maximum atomic E-state index is 5.48. The van der Waals surface area contributed by atoms with Crippen molar-refractivity contribution in [3.63, 3.8) is 0 Å². The lowest BCUT2D eigenvalue weighted by molar-refractivity contribution is 0.453. The Morgan fingerprint density at radius 1 is 1.50 bits per heavy atom. The Kier molecular flexibility index (Phi) is 2.67. The molecule has 1 aromatic rings. The fourth-order valence-electron chi connectivity index (χ4n) is 1.91. The average Bonchev–Trinajstić information content (AvgIpc) is 2.54. The minimum atomic E-state index is 0.555. The standard InChI is InChI=1S/C9H17N5/c1-2-5-11-7-3-4-8-9(6-7)13-14(10)12-8/h7,11H,2-6,10H2,1H3/t7-/m0/s1. The van der Waals surface area contributed by atoms with Crippen LogP contribution in [-0.4, -0.2) is 27.7 Å². The van der Waals surface area contributed by atoms with Gasteiger partial charge in [0.25, 0.3) is 0 Å². The highest BCUT2D eigenvalue weighted by Gasteiger charge is 2.21. The molecule has 3 N–H and O–H groups in total. The van der Waals surface area contributed by atoms with Crippen molar-refractivity contribution >= 4 is 0 Å². The first-order valence-corrected chi connectivity index (χ1v) is 5.23. The molecule has 0 fully saturated rings. The topological polar surface area (TPSA) is 68.8 Å². The normalized spacial score (nSPS) is 20.8. The molecule has 0 amide bonds. The summed E-state index contributed by atoms with van der Waals surface area (Å²) in [5, 5.41) is 11.8. The number of hydrogen-bond donors (Lipinski definition) is 2. The van der Waals surface area contributed by atoms with E-state index in [2.05, 4.69) is 22.4 Å². The van der Waals surface area contributed by atoms with Crippen LogP contribution >= 0.6 is 0 Å². The summed E-state index contributed by atoms with van der Waals surface area (Å²) in [5.41, 5.74) is 2.13. The van der Waals surface area contributed by atoms with Gasteiger partial charge in [-0.2, -0.15) is 0 Å². The van der Waals surface area contributed by atoms with Crippen molar-refractivity contribution < 1.29 is 0 Å². The highest BCUT2D eigenvalue weighted by Crippen LogP contribution is 2.17. The molecule has 0 radical (unpaired) electrons. The first kappa shape index (κ1) is 9.45. The van der Waals surface area contributed by atoms with Crippen molar-refractivity contribution in [1.82, 2.24) is 20.4 Å². The zero-order chi connectivity index (χ0) is 9.97. The van der Waals surface area contributed by atoms with Gasteiger partial charge in [-0.3, -0.25) is 0 Å². The number of aromatic nitrogens is 3. The zero-order valence-electron chi connectivity index (χ0n) is 8.53. The van der Waals surface area contributed by atoms with Gasteiger partial charge in [0.1, 0.15) is 0 Å². The molecule has 0 saturated heterocycles. The van der Waals surface area contributed by atoms with Gasteiger partial charge in [-0.15, -0.1) is 10.2 Å². The molecule has 5 nitrogen and oxygen atoms in total. The van der Waals surface area contributed by atoms with Crippen LogP contribution in [0.4, 0.5) is 0 Å². The van der Waals surface area contributed by atoms with E-state index in [0.717, 1.165) is 37.2 Å². The molecular weight excluding hydrogens is 178 g/mol. The van der Waals surface area contributed by atoms with Gasteiger partial charge >= 0.3 is 0 Å². The molecule has 1 aromatic heterocycles. The molecule has 0 bridgehead atoms. The van der Waals surface area contributed by atoms with E-state index in [0.29, 0.717) is 6.04 Å². The first-order chi connectivity index (χ1) is 6.79. The summed E-state index contributed by atoms with van der Waals surface area (Å²) in [6.45, 7) is 3.26. The van der Waals surface area contributed by atoms with Gasteiger partial charge in [-0.05, 0) is 25.8 Å². The number of nitrogens with two attached hydrogens (primary N) is 1. The third kappa shape index (κ3) is 1.87. The summed E-state index contributed by atoms with van der Waals surface area (Å²) in [5.74, 6) is 5.48. The van der Waals surface area contributed by atoms with E-state index in [-0.39, 0.29) is 0 Å². The number of nitrogens with zero attached hydrogens (tertiary/aromatic N) is 3. The largest absolute Gasteiger partial charge is 0.314 e. The van der Waals surface area contributed by atoms with Crippen LogP contribution in [0.2, 0.25) is 0 Å². The Morgan fingerprint density at radius 3 is 3.07 bits per heavy atom. The number of fused-ring (bicyclic) bond motifs is 1. The Hall–Kier alpha value is -1.10. The first-order valence-electron chi connectivity index (χ1n) is 5.23. The van der Waals surface area contributed by atoms with Crippen LogP contribution in [0.25, 0.3) is 0 Å². The van der Waals surface area contributed by atoms with Gasteiger partial charge in [-0.1, -0.05) is 11.8 Å². The lowest BCUT2D eigenvalue weighted by Gasteiger charge is -2.21. The molecule has 78 valence electrons. The minimum Gasteiger partial charge on any atom is -0.314 e. The third-order valence-electron chi connectivity index (χ3n) is 2.63. The summed E-state index contributed by atoms with van der Waals surface area (Å²) in [4.78, 5) is 1.19. The van der Waals surface area contributed by atoms with E-state index < -0.39 is 0 Å². The quantitative estimate of drug-likeness (QED) is 0.658. The van der Waals surface area contributed by atoms with Crippen molar-refractivity contribution in [2.45, 2.75) is 38.6 Å². The smallest absolute Gasteiger partial charge is 0.0896 e. The van der Waals surface area contributed by atoms with Gasteiger partial charge in [0.05, 0.1) is 11.4 Å². The summed E-state index contributed by atoms with van der Waals surface area (Å²) in [7, 11) is 0. The van der Waals surface area contributed by atoms with Crippen molar-refractivity contribution in [3.05, 3.63) is 11.4 Å². The predicted molar refractivity (Wildman–Crippen MR) is 54.3 cm³/mol. The van der Waals surface area contributed by atoms with Gasteiger partial charge in [0, 0.05) is 12.5 Å². The lowest BCUT2D eigenvalue weighted by Crippen LogP contribution is -2.35. The van der Waals surface area contributed by atoms with Crippen LogP contribution < -0.4 is 11.2 Å². The molecular formula is C9H17N5. The van der Waals surface area contributed by atoms with Crippen molar-refractivity contribution in [2.24, 2.45) is 0 Å². The molecule has 14 heavy (non-hydrogen) atoms. The highest BCUT2D eigenvalue weighted by atomic mass is 15.6. The van der Waals surface area contributed by atoms with E-state index in [1.165, 1.54) is 11.3 Å². The van der Waals surface area contributed by atoms with Crippen LogP contribution in [0.5, 0.6) is 0 Å². The number of aryl methyl sites for hydroxylation is 1. The number of nitrogens with one attached hydrogen (secondary N) is 1. The lowest BCUT2D eigenvalue weighted by atomic mass is 9.96. The number of rotatable bonds is 3. The molecule has 0 aromatic carbocycles. The maximum Gasteiger partial charge on any atom is 0.0896 e. The van der Waals surface area contributed by atoms with E-state index >= 15 is 0 Å². The SMILES string of the molecule is CCCN[C@H]1CCc2nn(N)nc2C1. The zero-order valence-corrected chi connectivity index (χ0v) is 8.53. The predicted octanol–water partition coefficient (Wildman–Crippen LogP) is -0.151. The molecule has 1 aliphatic carbocycles. The minimum absolute atomic E-state index is 0.555.